The van der Waals surface area contributed by atoms with E-state index in [4.69, 9.17) is 9.47 Å². The van der Waals surface area contributed by atoms with Gasteiger partial charge in [0.1, 0.15) is 0 Å². The predicted molar refractivity (Wildman–Crippen MR) is 69.4 cm³/mol. The van der Waals surface area contributed by atoms with Crippen molar-refractivity contribution in [2.45, 2.75) is 19.8 Å². The van der Waals surface area contributed by atoms with Gasteiger partial charge in [-0.05, 0) is 19.8 Å². The van der Waals surface area contributed by atoms with Crippen LogP contribution in [-0.4, -0.2) is 30.6 Å². The number of halogens is 1. The molecule has 0 heterocycles. The number of esters is 2. The molecule has 0 bridgehead atoms. The highest BCUT2D eigenvalue weighted by atomic mass is 127. The first-order chi connectivity index (χ1) is 7.58. The SMILES string of the molecule is C/C=C/CC(CCI)(C(=O)OC)C(=O)OC. The Morgan fingerprint density at radius 3 is 2.06 bits per heavy atom. The maximum atomic E-state index is 11.8. The molecule has 4 nitrogen and oxygen atoms in total. The van der Waals surface area contributed by atoms with E-state index in [1.807, 2.05) is 6.92 Å². The molecule has 0 N–H and O–H groups in total. The maximum absolute atomic E-state index is 11.8. The average Bonchev–Trinajstić information content (AvgIpc) is 2.32. The summed E-state index contributed by atoms with van der Waals surface area (Å²) in [7, 11) is 2.56. The minimum absolute atomic E-state index is 0.311. The van der Waals surface area contributed by atoms with Gasteiger partial charge in [-0.25, -0.2) is 0 Å². The van der Waals surface area contributed by atoms with E-state index in [1.165, 1.54) is 14.2 Å². The van der Waals surface area contributed by atoms with Crippen molar-refractivity contribution in [3.05, 3.63) is 12.2 Å². The van der Waals surface area contributed by atoms with Crippen molar-refractivity contribution in [1.82, 2.24) is 0 Å². The van der Waals surface area contributed by atoms with Crippen molar-refractivity contribution in [1.29, 1.82) is 0 Å². The van der Waals surface area contributed by atoms with Gasteiger partial charge in [0, 0.05) is 4.43 Å². The first-order valence-electron chi connectivity index (χ1n) is 4.93. The molecule has 0 spiro atoms. The fraction of sp³-hybridized carbons (Fsp3) is 0.636. The molecule has 0 saturated heterocycles. The Hall–Kier alpha value is -0.590. The Morgan fingerprint density at radius 1 is 1.25 bits per heavy atom. The molecule has 16 heavy (non-hydrogen) atoms. The minimum atomic E-state index is -1.20. The number of methoxy groups -OCH3 is 2. The second kappa shape index (κ2) is 7.65. The van der Waals surface area contributed by atoms with Crippen LogP contribution in [0.3, 0.4) is 0 Å². The summed E-state index contributed by atoms with van der Waals surface area (Å²) in [4.78, 5) is 23.5. The molecular formula is C11H17IO4. The number of carbonyl (C=O) groups is 2. The summed E-state index contributed by atoms with van der Waals surface area (Å²) in [5.74, 6) is -1.07. The first-order valence-corrected chi connectivity index (χ1v) is 6.45. The molecule has 0 aromatic carbocycles. The zero-order valence-corrected chi connectivity index (χ0v) is 11.9. The van der Waals surface area contributed by atoms with E-state index in [-0.39, 0.29) is 0 Å². The molecule has 5 heteroatoms. The highest BCUT2D eigenvalue weighted by Gasteiger charge is 2.46. The third-order valence-corrected chi connectivity index (χ3v) is 2.91. The summed E-state index contributed by atoms with van der Waals surface area (Å²) >= 11 is 2.12. The third kappa shape index (κ3) is 3.47. The van der Waals surface area contributed by atoms with Gasteiger partial charge < -0.3 is 9.47 Å². The van der Waals surface area contributed by atoms with Crippen LogP contribution in [0.4, 0.5) is 0 Å². The van der Waals surface area contributed by atoms with Gasteiger partial charge in [0.2, 0.25) is 0 Å². The first kappa shape index (κ1) is 15.4. The van der Waals surface area contributed by atoms with Gasteiger partial charge in [0.05, 0.1) is 14.2 Å². The van der Waals surface area contributed by atoms with Gasteiger partial charge in [0.25, 0.3) is 0 Å². The van der Waals surface area contributed by atoms with Crippen LogP contribution in [0.5, 0.6) is 0 Å². The summed E-state index contributed by atoms with van der Waals surface area (Å²) in [6, 6.07) is 0. The van der Waals surface area contributed by atoms with Crippen molar-refractivity contribution in [2.75, 3.05) is 18.6 Å². The Balaban J connectivity index is 5.19. The summed E-state index contributed by atoms with van der Waals surface area (Å²) in [5, 5.41) is 0. The maximum Gasteiger partial charge on any atom is 0.323 e. The topological polar surface area (TPSA) is 52.6 Å². The Bertz CT molecular complexity index is 257. The van der Waals surface area contributed by atoms with Gasteiger partial charge in [-0.1, -0.05) is 34.7 Å². The summed E-state index contributed by atoms with van der Waals surface area (Å²) in [6.07, 6.45) is 4.30. The van der Waals surface area contributed by atoms with Crippen molar-refractivity contribution in [3.8, 4) is 0 Å². The van der Waals surface area contributed by atoms with E-state index in [9.17, 15) is 9.59 Å². The van der Waals surface area contributed by atoms with Crippen LogP contribution >= 0.6 is 22.6 Å². The number of allylic oxidation sites excluding steroid dienone is 2. The molecule has 0 radical (unpaired) electrons. The van der Waals surface area contributed by atoms with Gasteiger partial charge in [-0.3, -0.25) is 9.59 Å². The van der Waals surface area contributed by atoms with E-state index in [2.05, 4.69) is 22.6 Å². The highest BCUT2D eigenvalue weighted by Crippen LogP contribution is 2.31. The molecule has 0 fully saturated rings. The molecule has 0 aromatic heterocycles. The number of alkyl halides is 1. The number of hydrogen-bond acceptors (Lipinski definition) is 4. The normalized spacial score (nSPS) is 11.5. The molecule has 0 rings (SSSR count). The van der Waals surface area contributed by atoms with E-state index in [0.29, 0.717) is 17.3 Å². The van der Waals surface area contributed by atoms with Crippen LogP contribution < -0.4 is 0 Å². The van der Waals surface area contributed by atoms with Crippen molar-refractivity contribution < 1.29 is 19.1 Å². The van der Waals surface area contributed by atoms with Crippen LogP contribution in [0.25, 0.3) is 0 Å². The number of carbonyl (C=O) groups excluding carboxylic acids is 2. The summed E-state index contributed by atoms with van der Waals surface area (Å²) in [5.41, 5.74) is -1.20. The number of hydrogen-bond donors (Lipinski definition) is 0. The number of rotatable bonds is 6. The van der Waals surface area contributed by atoms with E-state index < -0.39 is 17.4 Å². The molecule has 0 aliphatic carbocycles. The van der Waals surface area contributed by atoms with Gasteiger partial charge in [0.15, 0.2) is 5.41 Å². The monoisotopic (exact) mass is 340 g/mol. The zero-order chi connectivity index (χ0) is 12.6. The molecule has 0 amide bonds. The fourth-order valence-electron chi connectivity index (χ4n) is 1.43. The molecule has 0 atom stereocenters. The van der Waals surface area contributed by atoms with E-state index >= 15 is 0 Å². The molecule has 0 unspecified atom stereocenters. The van der Waals surface area contributed by atoms with Gasteiger partial charge in [-0.15, -0.1) is 0 Å². The molecular weight excluding hydrogens is 323 g/mol. The Kier molecular flexibility index (Phi) is 7.36. The standard InChI is InChI=1S/C11H17IO4/c1-4-5-6-11(7-8-12,9(13)15-2)10(14)16-3/h4-5H,6-8H2,1-3H3/b5-4+. The van der Waals surface area contributed by atoms with Gasteiger partial charge in [-0.2, -0.15) is 0 Å². The lowest BCUT2D eigenvalue weighted by Crippen LogP contribution is -2.41. The largest absolute Gasteiger partial charge is 0.468 e. The fourth-order valence-corrected chi connectivity index (χ4v) is 2.35. The van der Waals surface area contributed by atoms with Crippen LogP contribution in [0, 0.1) is 5.41 Å². The molecule has 92 valence electrons. The second-order valence-corrected chi connectivity index (χ2v) is 4.36. The summed E-state index contributed by atoms with van der Waals surface area (Å²) in [6.45, 7) is 1.84. The lowest BCUT2D eigenvalue weighted by Gasteiger charge is -2.26. The zero-order valence-electron chi connectivity index (χ0n) is 9.79. The van der Waals surface area contributed by atoms with Crippen LogP contribution in [0.15, 0.2) is 12.2 Å². The quantitative estimate of drug-likeness (QED) is 0.244. The van der Waals surface area contributed by atoms with Crippen molar-refractivity contribution in [2.24, 2.45) is 5.41 Å². The molecule has 0 saturated carbocycles. The van der Waals surface area contributed by atoms with Crippen molar-refractivity contribution in [3.63, 3.8) is 0 Å². The lowest BCUT2D eigenvalue weighted by atomic mass is 9.81. The summed E-state index contributed by atoms with van der Waals surface area (Å²) < 4.78 is 10.1. The molecule has 0 aliphatic heterocycles. The highest BCUT2D eigenvalue weighted by molar-refractivity contribution is 14.1. The van der Waals surface area contributed by atoms with E-state index in [1.54, 1.807) is 12.2 Å². The van der Waals surface area contributed by atoms with Crippen molar-refractivity contribution >= 4 is 34.5 Å². The Morgan fingerprint density at radius 2 is 1.75 bits per heavy atom. The molecule has 0 aliphatic rings. The minimum Gasteiger partial charge on any atom is -0.468 e. The van der Waals surface area contributed by atoms with Crippen LogP contribution in [-0.2, 0) is 19.1 Å². The second-order valence-electron chi connectivity index (χ2n) is 3.28. The van der Waals surface area contributed by atoms with Crippen LogP contribution in [0.1, 0.15) is 19.8 Å². The van der Waals surface area contributed by atoms with Crippen LogP contribution in [0.2, 0.25) is 0 Å². The average molecular weight is 340 g/mol. The smallest absolute Gasteiger partial charge is 0.323 e. The van der Waals surface area contributed by atoms with Gasteiger partial charge >= 0.3 is 11.9 Å². The Labute approximate surface area is 110 Å². The van der Waals surface area contributed by atoms with E-state index in [0.717, 1.165) is 0 Å². The predicted octanol–water partition coefficient (Wildman–Crippen LogP) is 2.11. The third-order valence-electron chi connectivity index (χ3n) is 2.38. The molecule has 0 aromatic rings. The number of ether oxygens (including phenoxy) is 2. The lowest BCUT2D eigenvalue weighted by molar-refractivity contribution is -0.169.